The summed E-state index contributed by atoms with van der Waals surface area (Å²) < 4.78 is 39.6. The number of fused-ring (bicyclic) bond motifs is 1. The van der Waals surface area contributed by atoms with E-state index in [0.717, 1.165) is 23.5 Å². The lowest BCUT2D eigenvalue weighted by molar-refractivity contribution is -0.162. The van der Waals surface area contributed by atoms with Crippen molar-refractivity contribution in [2.45, 2.75) is 31.4 Å². The van der Waals surface area contributed by atoms with E-state index in [0.29, 0.717) is 23.7 Å². The van der Waals surface area contributed by atoms with Gasteiger partial charge in [-0.15, -0.1) is 0 Å². The molecule has 1 unspecified atom stereocenters. The Hall–Kier alpha value is -2.61. The number of imidazole rings is 1. The predicted molar refractivity (Wildman–Crippen MR) is 103 cm³/mol. The molecule has 0 spiro atoms. The third kappa shape index (κ3) is 4.37. The van der Waals surface area contributed by atoms with E-state index < -0.39 is 18.5 Å². The highest BCUT2D eigenvalue weighted by Crippen LogP contribution is 2.30. The third-order valence-electron chi connectivity index (χ3n) is 5.05. The maximum atomic E-state index is 12.6. The van der Waals surface area contributed by atoms with Crippen molar-refractivity contribution >= 4 is 23.2 Å². The average Bonchev–Trinajstić information content (AvgIpc) is 3.10. The lowest BCUT2D eigenvalue weighted by atomic mass is 9.93. The standard InChI is InChI=1S/C20H18ClF3N4O/c21-14-6-7-18-25-10-17(28(18)12-14)16-5-1-4-15(26-16)13-3-2-8-27(11-13)19(29)9-20(22,23)24/h1,4-7,10,12-13H,2-3,8-9,11H2. The molecule has 29 heavy (non-hydrogen) atoms. The largest absolute Gasteiger partial charge is 0.397 e. The van der Waals surface area contributed by atoms with Crippen LogP contribution in [0.3, 0.4) is 0 Å². The Labute approximate surface area is 170 Å². The highest BCUT2D eigenvalue weighted by Gasteiger charge is 2.35. The lowest BCUT2D eigenvalue weighted by Crippen LogP contribution is -2.41. The minimum atomic E-state index is -4.49. The number of rotatable bonds is 3. The predicted octanol–water partition coefficient (Wildman–Crippen LogP) is 4.71. The molecule has 0 bridgehead atoms. The molecule has 1 amide bonds. The van der Waals surface area contributed by atoms with Gasteiger partial charge in [-0.25, -0.2) is 4.98 Å². The molecule has 1 atom stereocenters. The van der Waals surface area contributed by atoms with Gasteiger partial charge in [0.15, 0.2) is 0 Å². The summed E-state index contributed by atoms with van der Waals surface area (Å²) in [5, 5.41) is 0.569. The Morgan fingerprint density at radius 3 is 2.86 bits per heavy atom. The van der Waals surface area contributed by atoms with Crippen molar-refractivity contribution in [1.29, 1.82) is 0 Å². The Bertz CT molecular complexity index is 1050. The molecule has 1 aliphatic rings. The fraction of sp³-hybridized carbons (Fsp3) is 0.350. The monoisotopic (exact) mass is 422 g/mol. The molecular weight excluding hydrogens is 405 g/mol. The topological polar surface area (TPSA) is 50.5 Å². The first-order chi connectivity index (χ1) is 13.8. The van der Waals surface area contributed by atoms with Gasteiger partial charge in [-0.05, 0) is 37.1 Å². The second-order valence-corrected chi connectivity index (χ2v) is 7.57. The van der Waals surface area contributed by atoms with Crippen LogP contribution in [-0.2, 0) is 4.79 Å². The molecule has 0 radical (unpaired) electrons. The number of likely N-dealkylation sites (tertiary alicyclic amines) is 1. The summed E-state index contributed by atoms with van der Waals surface area (Å²) in [5.41, 5.74) is 2.95. The van der Waals surface area contributed by atoms with Crippen molar-refractivity contribution in [3.05, 3.63) is 53.4 Å². The van der Waals surface area contributed by atoms with Crippen LogP contribution in [0.2, 0.25) is 5.02 Å². The maximum absolute atomic E-state index is 12.6. The first kappa shape index (κ1) is 19.7. The fourth-order valence-corrected chi connectivity index (χ4v) is 3.85. The molecule has 4 rings (SSSR count). The summed E-state index contributed by atoms with van der Waals surface area (Å²) in [7, 11) is 0. The van der Waals surface area contributed by atoms with Crippen molar-refractivity contribution in [3.63, 3.8) is 0 Å². The molecule has 9 heteroatoms. The smallest absolute Gasteiger partial charge is 0.342 e. The van der Waals surface area contributed by atoms with Crippen molar-refractivity contribution in [1.82, 2.24) is 19.3 Å². The quantitative estimate of drug-likeness (QED) is 0.614. The molecule has 0 aromatic carbocycles. The van der Waals surface area contributed by atoms with E-state index in [2.05, 4.69) is 4.98 Å². The number of amides is 1. The van der Waals surface area contributed by atoms with Gasteiger partial charge in [0.1, 0.15) is 12.1 Å². The first-order valence-electron chi connectivity index (χ1n) is 9.24. The summed E-state index contributed by atoms with van der Waals surface area (Å²) >= 11 is 6.09. The lowest BCUT2D eigenvalue weighted by Gasteiger charge is -2.33. The van der Waals surface area contributed by atoms with Gasteiger partial charge in [-0.1, -0.05) is 17.7 Å². The minimum absolute atomic E-state index is 0.108. The molecule has 1 fully saturated rings. The first-order valence-corrected chi connectivity index (χ1v) is 9.62. The SMILES string of the molecule is O=C(CC(F)(F)F)N1CCCC(c2cccc(-c3cnc4ccc(Cl)cn34)n2)C1. The van der Waals surface area contributed by atoms with E-state index >= 15 is 0 Å². The number of nitrogens with zero attached hydrogens (tertiary/aromatic N) is 4. The molecular formula is C20H18ClF3N4O. The number of piperidine rings is 1. The number of carbonyl (C=O) groups is 1. The van der Waals surface area contributed by atoms with Crippen LogP contribution in [-0.4, -0.2) is 44.4 Å². The Kier molecular flexibility index (Phi) is 5.21. The number of carbonyl (C=O) groups excluding carboxylic acids is 1. The molecule has 5 nitrogen and oxygen atoms in total. The van der Waals surface area contributed by atoms with E-state index in [-0.39, 0.29) is 12.5 Å². The highest BCUT2D eigenvalue weighted by molar-refractivity contribution is 6.30. The average molecular weight is 423 g/mol. The van der Waals surface area contributed by atoms with Crippen LogP contribution < -0.4 is 0 Å². The van der Waals surface area contributed by atoms with Crippen molar-refractivity contribution in [2.24, 2.45) is 0 Å². The van der Waals surface area contributed by atoms with Crippen molar-refractivity contribution in [3.8, 4) is 11.4 Å². The van der Waals surface area contributed by atoms with E-state index in [9.17, 15) is 18.0 Å². The van der Waals surface area contributed by atoms with Gasteiger partial charge in [0.25, 0.3) is 0 Å². The van der Waals surface area contributed by atoms with E-state index in [1.165, 1.54) is 4.90 Å². The molecule has 0 saturated carbocycles. The number of hydrogen-bond donors (Lipinski definition) is 0. The summed E-state index contributed by atoms with van der Waals surface area (Å²) in [4.78, 5) is 22.4. The van der Waals surface area contributed by atoms with Gasteiger partial charge < -0.3 is 4.90 Å². The number of hydrogen-bond acceptors (Lipinski definition) is 3. The number of halogens is 4. The van der Waals surface area contributed by atoms with Crippen LogP contribution in [0.1, 0.15) is 30.9 Å². The Morgan fingerprint density at radius 2 is 2.07 bits per heavy atom. The zero-order chi connectivity index (χ0) is 20.6. The molecule has 0 N–H and O–H groups in total. The van der Waals surface area contributed by atoms with Gasteiger partial charge in [-0.2, -0.15) is 13.2 Å². The molecule has 3 aromatic rings. The normalized spacial score (nSPS) is 17.7. The van der Waals surface area contributed by atoms with Crippen molar-refractivity contribution in [2.75, 3.05) is 13.1 Å². The van der Waals surface area contributed by atoms with Crippen LogP contribution in [0.15, 0.2) is 42.7 Å². The molecule has 0 aliphatic carbocycles. The molecule has 152 valence electrons. The van der Waals surface area contributed by atoms with Crippen LogP contribution in [0.4, 0.5) is 13.2 Å². The van der Waals surface area contributed by atoms with Gasteiger partial charge >= 0.3 is 6.18 Å². The number of alkyl halides is 3. The van der Waals surface area contributed by atoms with Crippen LogP contribution in [0.5, 0.6) is 0 Å². The highest BCUT2D eigenvalue weighted by atomic mass is 35.5. The number of aromatic nitrogens is 3. The van der Waals surface area contributed by atoms with Crippen molar-refractivity contribution < 1.29 is 18.0 Å². The Balaban J connectivity index is 1.58. The fourth-order valence-electron chi connectivity index (χ4n) is 3.69. The van der Waals surface area contributed by atoms with Crippen LogP contribution in [0, 0.1) is 0 Å². The van der Waals surface area contributed by atoms with Gasteiger partial charge in [-0.3, -0.25) is 14.2 Å². The van der Waals surface area contributed by atoms with E-state index in [1.54, 1.807) is 24.5 Å². The second kappa shape index (κ2) is 7.67. The zero-order valence-electron chi connectivity index (χ0n) is 15.4. The van der Waals surface area contributed by atoms with Crippen LogP contribution in [0.25, 0.3) is 17.0 Å². The van der Waals surface area contributed by atoms with Gasteiger partial charge in [0.2, 0.25) is 5.91 Å². The second-order valence-electron chi connectivity index (χ2n) is 7.14. The van der Waals surface area contributed by atoms with Gasteiger partial charge in [0, 0.05) is 30.9 Å². The molecule has 1 saturated heterocycles. The van der Waals surface area contributed by atoms with E-state index in [4.69, 9.17) is 16.6 Å². The number of pyridine rings is 2. The third-order valence-corrected chi connectivity index (χ3v) is 5.27. The minimum Gasteiger partial charge on any atom is -0.342 e. The van der Waals surface area contributed by atoms with Crippen LogP contribution >= 0.6 is 11.6 Å². The summed E-state index contributed by atoms with van der Waals surface area (Å²) in [6, 6.07) is 9.12. The van der Waals surface area contributed by atoms with Gasteiger partial charge in [0.05, 0.1) is 22.6 Å². The van der Waals surface area contributed by atoms with E-state index in [1.807, 2.05) is 22.6 Å². The maximum Gasteiger partial charge on any atom is 0.397 e. The summed E-state index contributed by atoms with van der Waals surface area (Å²) in [6.45, 7) is 0.585. The molecule has 4 heterocycles. The zero-order valence-corrected chi connectivity index (χ0v) is 16.1. The summed E-state index contributed by atoms with van der Waals surface area (Å²) in [5.74, 6) is -0.988. The molecule has 1 aliphatic heterocycles. The Morgan fingerprint density at radius 1 is 1.24 bits per heavy atom. The molecule has 3 aromatic heterocycles. The summed E-state index contributed by atoms with van der Waals surface area (Å²) in [6.07, 6.45) is -1.04.